The maximum atomic E-state index is 12.1. The van der Waals surface area contributed by atoms with Gasteiger partial charge in [0.15, 0.2) is 0 Å². The van der Waals surface area contributed by atoms with Gasteiger partial charge in [0, 0.05) is 39.2 Å². The van der Waals surface area contributed by atoms with Crippen molar-refractivity contribution in [2.75, 3.05) is 33.9 Å². The lowest BCUT2D eigenvalue weighted by Gasteiger charge is -2.25. The molecule has 0 saturated carbocycles. The zero-order valence-electron chi connectivity index (χ0n) is 23.9. The van der Waals surface area contributed by atoms with Gasteiger partial charge in [0.2, 0.25) is 0 Å². The Morgan fingerprint density at radius 2 is 1.41 bits per heavy atom. The van der Waals surface area contributed by atoms with Gasteiger partial charge in [-0.05, 0) is 19.3 Å². The Balaban J connectivity index is 2.07. The minimum Gasteiger partial charge on any atom is -0.382 e. The van der Waals surface area contributed by atoms with Crippen LogP contribution in [0.4, 0.5) is 4.79 Å². The van der Waals surface area contributed by atoms with Crippen LogP contribution < -0.4 is 10.6 Å². The number of methoxy groups -OCH3 is 1. The summed E-state index contributed by atoms with van der Waals surface area (Å²) in [5, 5.41) is 5.82. The van der Waals surface area contributed by atoms with E-state index in [0.717, 1.165) is 20.0 Å². The van der Waals surface area contributed by atoms with Gasteiger partial charge < -0.3 is 25.0 Å². The van der Waals surface area contributed by atoms with Crippen molar-refractivity contribution < 1.29 is 32.8 Å². The van der Waals surface area contributed by atoms with E-state index in [-0.39, 0.29) is 24.6 Å². The van der Waals surface area contributed by atoms with Crippen LogP contribution in [-0.4, -0.2) is 70.9 Å². The van der Waals surface area contributed by atoms with Crippen LogP contribution in [0.25, 0.3) is 0 Å². The lowest BCUT2D eigenvalue weighted by molar-refractivity contribution is -0.0193. The molecule has 1 fully saturated rings. The average molecular weight is 549 g/mol. The number of phosphoric acid groups is 1. The van der Waals surface area contributed by atoms with Crippen molar-refractivity contribution in [2.24, 2.45) is 5.92 Å². The molecule has 0 aliphatic carbocycles. The Morgan fingerprint density at radius 1 is 0.892 bits per heavy atom. The van der Waals surface area contributed by atoms with E-state index in [1.54, 1.807) is 7.11 Å². The maximum Gasteiger partial charge on any atom is 0.472 e. The summed E-state index contributed by atoms with van der Waals surface area (Å²) in [6.45, 7) is 3.72. The second-order valence-corrected chi connectivity index (χ2v) is 11.8. The second kappa shape index (κ2) is 21.2. The van der Waals surface area contributed by atoms with Gasteiger partial charge >= 0.3 is 13.9 Å². The zero-order valence-corrected chi connectivity index (χ0v) is 24.8. The van der Waals surface area contributed by atoms with Crippen LogP contribution in [0.1, 0.15) is 103 Å². The number of carbonyl (C=O) groups excluding carboxylic acids is 1. The van der Waals surface area contributed by atoms with Crippen molar-refractivity contribution in [1.29, 1.82) is 0 Å². The molecule has 3 N–H and O–H groups in total. The van der Waals surface area contributed by atoms with Gasteiger partial charge in [0.05, 0.1) is 6.61 Å². The third kappa shape index (κ3) is 16.2. The molecule has 1 aliphatic rings. The highest BCUT2D eigenvalue weighted by Crippen LogP contribution is 2.48. The topological polar surface area (TPSA) is 115 Å². The highest BCUT2D eigenvalue weighted by molar-refractivity contribution is 7.47. The Morgan fingerprint density at radius 3 is 1.92 bits per heavy atom. The van der Waals surface area contributed by atoms with Gasteiger partial charge in [-0.1, -0.05) is 84.0 Å². The third-order valence-corrected chi connectivity index (χ3v) is 8.13. The smallest absolute Gasteiger partial charge is 0.382 e. The Labute approximate surface area is 226 Å². The van der Waals surface area contributed by atoms with Gasteiger partial charge in [-0.3, -0.25) is 9.05 Å². The quantitative estimate of drug-likeness (QED) is 0.0944. The number of ether oxygens (including phenoxy) is 2. The molecule has 1 rings (SSSR count). The van der Waals surface area contributed by atoms with E-state index in [1.165, 1.54) is 70.6 Å². The molecule has 1 aliphatic heterocycles. The van der Waals surface area contributed by atoms with Crippen LogP contribution in [0.2, 0.25) is 0 Å². The summed E-state index contributed by atoms with van der Waals surface area (Å²) < 4.78 is 33.0. The standard InChI is InChI=1S/C26H54BN2O7P/c1-4-5-6-7-8-9-10-11-12-13-14-15-16-19-28-26(30)29-20-17-18-22-24(36-37(31,32)34-3)23(21-33-2)35-25(22)27/h22-25H,4-21,27H2,1-3H3,(H,31,32)(H2,28,29,30)/t22?,23-,24-,25-/m1/s1. The Kier molecular flexibility index (Phi) is 19.7. The molecule has 2 amide bonds. The number of phosphoric ester groups is 1. The average Bonchev–Trinajstić information content (AvgIpc) is 3.15. The molecule has 11 heteroatoms. The van der Waals surface area contributed by atoms with Crippen LogP contribution in [-0.2, 0) is 23.1 Å². The molecule has 37 heavy (non-hydrogen) atoms. The van der Waals surface area contributed by atoms with Crippen molar-refractivity contribution in [3.05, 3.63) is 0 Å². The summed E-state index contributed by atoms with van der Waals surface area (Å²) in [6, 6.07) is -0.314. The predicted octanol–water partition coefficient (Wildman–Crippen LogP) is 4.91. The first-order valence-corrected chi connectivity index (χ1v) is 16.1. The molecule has 0 spiro atoms. The summed E-state index contributed by atoms with van der Waals surface area (Å²) >= 11 is 0. The molecule has 0 bridgehead atoms. The van der Waals surface area contributed by atoms with Crippen LogP contribution in [0, 0.1) is 5.92 Å². The monoisotopic (exact) mass is 548 g/mol. The highest BCUT2D eigenvalue weighted by atomic mass is 31.2. The van der Waals surface area contributed by atoms with Gasteiger partial charge in [0.1, 0.15) is 20.1 Å². The van der Waals surface area contributed by atoms with Crippen LogP contribution >= 0.6 is 7.82 Å². The maximum absolute atomic E-state index is 12.1. The molecule has 0 aromatic heterocycles. The van der Waals surface area contributed by atoms with Gasteiger partial charge in [-0.25, -0.2) is 9.36 Å². The highest BCUT2D eigenvalue weighted by Gasteiger charge is 2.45. The summed E-state index contributed by atoms with van der Waals surface area (Å²) in [5.74, 6) is -0.105. The first kappa shape index (κ1) is 34.4. The van der Waals surface area contributed by atoms with Crippen molar-refractivity contribution in [3.8, 4) is 0 Å². The lowest BCUT2D eigenvalue weighted by Crippen LogP contribution is -2.37. The molecular formula is C26H54BN2O7P. The number of urea groups is 1. The zero-order chi connectivity index (χ0) is 27.4. The minimum absolute atomic E-state index is 0.105. The van der Waals surface area contributed by atoms with E-state index in [9.17, 15) is 14.3 Å². The Hall–Kier alpha value is -0.635. The van der Waals surface area contributed by atoms with Gasteiger partial charge in [-0.2, -0.15) is 0 Å². The second-order valence-electron chi connectivity index (χ2n) is 10.3. The van der Waals surface area contributed by atoms with E-state index < -0.39 is 20.0 Å². The molecule has 0 radical (unpaired) electrons. The van der Waals surface area contributed by atoms with Crippen molar-refractivity contribution in [3.63, 3.8) is 0 Å². The normalized spacial score (nSPS) is 23.1. The lowest BCUT2D eigenvalue weighted by atomic mass is 9.82. The summed E-state index contributed by atoms with van der Waals surface area (Å²) in [4.78, 5) is 21.9. The van der Waals surface area contributed by atoms with Crippen LogP contribution in [0.5, 0.6) is 0 Å². The molecule has 218 valence electrons. The fourth-order valence-corrected chi connectivity index (χ4v) is 5.67. The SMILES string of the molecule is B[C@@H]1O[C@H](COC)[C@H](OP(=O)(O)OC)C1CCCNC(=O)NCCCCCCCCCCCCCCC. The third-order valence-electron chi connectivity index (χ3n) is 7.16. The van der Waals surface area contributed by atoms with Crippen LogP contribution in [0.3, 0.4) is 0 Å². The van der Waals surface area contributed by atoms with Crippen LogP contribution in [0.15, 0.2) is 0 Å². The molecular weight excluding hydrogens is 494 g/mol. The predicted molar refractivity (Wildman–Crippen MR) is 151 cm³/mol. The minimum atomic E-state index is -4.15. The van der Waals surface area contributed by atoms with E-state index in [2.05, 4.69) is 22.1 Å². The van der Waals surface area contributed by atoms with Crippen molar-refractivity contribution in [1.82, 2.24) is 10.6 Å². The molecule has 2 unspecified atom stereocenters. The molecule has 0 aromatic carbocycles. The first-order valence-electron chi connectivity index (χ1n) is 14.6. The van der Waals surface area contributed by atoms with E-state index in [1.807, 2.05) is 7.85 Å². The summed E-state index contributed by atoms with van der Waals surface area (Å²) in [6.07, 6.45) is 17.3. The summed E-state index contributed by atoms with van der Waals surface area (Å²) in [5.41, 5.74) is 0. The number of nitrogens with one attached hydrogen (secondary N) is 2. The first-order chi connectivity index (χ1) is 17.8. The van der Waals surface area contributed by atoms with E-state index in [4.69, 9.17) is 14.0 Å². The molecule has 9 nitrogen and oxygen atoms in total. The van der Waals surface area contributed by atoms with Gasteiger partial charge in [0.25, 0.3) is 0 Å². The van der Waals surface area contributed by atoms with E-state index in [0.29, 0.717) is 25.9 Å². The van der Waals surface area contributed by atoms with Crippen molar-refractivity contribution >= 4 is 21.7 Å². The number of rotatable bonds is 23. The number of hydrogen-bond acceptors (Lipinski definition) is 6. The summed E-state index contributed by atoms with van der Waals surface area (Å²) in [7, 11) is 0.455. The molecule has 0 aromatic rings. The number of hydrogen-bond donors (Lipinski definition) is 3. The Bertz CT molecular complexity index is 632. The van der Waals surface area contributed by atoms with Crippen molar-refractivity contribution in [2.45, 2.75) is 121 Å². The number of carbonyl (C=O) groups is 1. The molecule has 1 saturated heterocycles. The number of unbranched alkanes of at least 4 members (excludes halogenated alkanes) is 12. The molecule has 5 atom stereocenters. The fourth-order valence-electron chi connectivity index (χ4n) is 4.98. The van der Waals surface area contributed by atoms with Gasteiger partial charge in [-0.15, -0.1) is 0 Å². The fraction of sp³-hybridized carbons (Fsp3) is 0.962. The number of amides is 2. The largest absolute Gasteiger partial charge is 0.472 e. The molecule has 1 heterocycles. The van der Waals surface area contributed by atoms with E-state index >= 15 is 0 Å².